The van der Waals surface area contributed by atoms with E-state index in [1.165, 1.54) is 36.9 Å². The summed E-state index contributed by atoms with van der Waals surface area (Å²) in [4.78, 5) is 16.7. The van der Waals surface area contributed by atoms with Gasteiger partial charge in [-0.1, -0.05) is 0 Å². The van der Waals surface area contributed by atoms with Crippen LogP contribution in [0.2, 0.25) is 0 Å². The first-order valence-electron chi connectivity index (χ1n) is 10.8. The molecule has 7 nitrogen and oxygen atoms in total. The van der Waals surface area contributed by atoms with Gasteiger partial charge in [0.1, 0.15) is 18.0 Å². The molecule has 1 atom stereocenters. The highest BCUT2D eigenvalue weighted by Crippen LogP contribution is 2.39. The monoisotopic (exact) mass is 387 g/mol. The molecule has 0 bridgehead atoms. The van der Waals surface area contributed by atoms with Crippen LogP contribution in [-0.2, 0) is 12.8 Å². The molecule has 2 aliphatic carbocycles. The number of pyridine rings is 1. The quantitative estimate of drug-likeness (QED) is 0.684. The van der Waals surface area contributed by atoms with E-state index in [0.717, 1.165) is 55.4 Å². The van der Waals surface area contributed by atoms with Gasteiger partial charge in [0.05, 0.1) is 0 Å². The van der Waals surface area contributed by atoms with Crippen molar-refractivity contribution < 1.29 is 0 Å². The molecule has 2 fully saturated rings. The molecule has 1 saturated carbocycles. The lowest BCUT2D eigenvalue weighted by Crippen LogP contribution is -2.36. The second-order valence-electron chi connectivity index (χ2n) is 8.50. The van der Waals surface area contributed by atoms with Gasteiger partial charge in [0, 0.05) is 54.3 Å². The number of hydrogen-bond acceptors (Lipinski definition) is 6. The third kappa shape index (κ3) is 3.09. The van der Waals surface area contributed by atoms with Crippen molar-refractivity contribution in [2.75, 3.05) is 18.0 Å². The zero-order valence-corrected chi connectivity index (χ0v) is 16.5. The molecule has 0 unspecified atom stereocenters. The number of fused-ring (bicyclic) bond motifs is 1. The molecule has 1 saturated heterocycles. The number of aromatic nitrogens is 6. The molecule has 4 heterocycles. The van der Waals surface area contributed by atoms with Gasteiger partial charge in [-0.15, -0.1) is 10.2 Å². The molecule has 29 heavy (non-hydrogen) atoms. The number of piperidine rings is 1. The summed E-state index contributed by atoms with van der Waals surface area (Å²) in [5.74, 6) is 3.52. The lowest BCUT2D eigenvalue weighted by molar-refractivity contribution is 0.468. The molecule has 3 aliphatic rings. The topological polar surface area (TPSA) is 72.6 Å². The van der Waals surface area contributed by atoms with Gasteiger partial charge in [-0.05, 0) is 57.1 Å². The van der Waals surface area contributed by atoms with Crippen molar-refractivity contribution >= 4 is 5.82 Å². The highest BCUT2D eigenvalue weighted by molar-refractivity contribution is 5.61. The summed E-state index contributed by atoms with van der Waals surface area (Å²) in [5, 5.41) is 8.74. The fraction of sp³-hybridized carbons (Fsp3) is 0.500. The summed E-state index contributed by atoms with van der Waals surface area (Å²) in [5.41, 5.74) is 3.56. The van der Waals surface area contributed by atoms with Gasteiger partial charge < -0.3 is 9.47 Å². The second kappa shape index (κ2) is 6.90. The summed E-state index contributed by atoms with van der Waals surface area (Å²) in [7, 11) is 0. The van der Waals surface area contributed by atoms with Crippen LogP contribution < -0.4 is 4.90 Å². The van der Waals surface area contributed by atoms with Gasteiger partial charge in [0.25, 0.3) is 0 Å². The predicted molar refractivity (Wildman–Crippen MR) is 110 cm³/mol. The summed E-state index contributed by atoms with van der Waals surface area (Å²) in [6.07, 6.45) is 13.7. The van der Waals surface area contributed by atoms with Crippen molar-refractivity contribution in [1.29, 1.82) is 0 Å². The zero-order valence-electron chi connectivity index (χ0n) is 16.5. The van der Waals surface area contributed by atoms with Gasteiger partial charge in [-0.25, -0.2) is 9.97 Å². The Balaban J connectivity index is 1.35. The molecule has 0 spiro atoms. The molecule has 0 radical (unpaired) electrons. The fourth-order valence-corrected chi connectivity index (χ4v) is 4.86. The van der Waals surface area contributed by atoms with Crippen LogP contribution in [0.3, 0.4) is 0 Å². The molecule has 0 aromatic carbocycles. The summed E-state index contributed by atoms with van der Waals surface area (Å²) >= 11 is 0. The standard InChI is InChI=1S/C22H25N7/c1-6-18-19(7-1)25-20(15-4-2-10-23-12-15)26-22(18)28-11-3-5-16(13-28)21-27-24-14-29(21)17-8-9-17/h2,4,10,12,14,16-17H,1,3,5-9,11,13H2/t16-/m0/s1. The molecule has 3 aromatic heterocycles. The van der Waals surface area contributed by atoms with E-state index < -0.39 is 0 Å². The number of hydrogen-bond donors (Lipinski definition) is 0. The van der Waals surface area contributed by atoms with Crippen molar-refractivity contribution in [3.05, 3.63) is 47.9 Å². The fourth-order valence-electron chi connectivity index (χ4n) is 4.86. The van der Waals surface area contributed by atoms with Crippen molar-refractivity contribution in [3.63, 3.8) is 0 Å². The van der Waals surface area contributed by atoms with Crippen LogP contribution in [0.5, 0.6) is 0 Å². The SMILES string of the molecule is c1cncc(-c2nc3c(c(N4CCC[C@H](c5nncn5C5CC5)C4)n2)CCC3)c1. The van der Waals surface area contributed by atoms with Gasteiger partial charge >= 0.3 is 0 Å². The maximum absolute atomic E-state index is 5.06. The Morgan fingerprint density at radius 2 is 2.00 bits per heavy atom. The average molecular weight is 387 g/mol. The number of nitrogens with zero attached hydrogens (tertiary/aromatic N) is 7. The summed E-state index contributed by atoms with van der Waals surface area (Å²) in [6, 6.07) is 4.62. The molecule has 3 aromatic rings. The predicted octanol–water partition coefficient (Wildman–Crippen LogP) is 3.34. The molecule has 0 amide bonds. The maximum atomic E-state index is 5.06. The van der Waals surface area contributed by atoms with E-state index in [-0.39, 0.29) is 0 Å². The Labute approximate surface area is 170 Å². The molecule has 0 N–H and O–H groups in total. The van der Waals surface area contributed by atoms with E-state index in [1.807, 2.05) is 24.7 Å². The first-order valence-corrected chi connectivity index (χ1v) is 10.8. The van der Waals surface area contributed by atoms with Crippen LogP contribution in [0.25, 0.3) is 11.4 Å². The van der Waals surface area contributed by atoms with E-state index in [4.69, 9.17) is 9.97 Å². The molecular weight excluding hydrogens is 362 g/mol. The van der Waals surface area contributed by atoms with Crippen molar-refractivity contribution in [2.24, 2.45) is 0 Å². The van der Waals surface area contributed by atoms with Crippen LogP contribution in [0, 0.1) is 0 Å². The average Bonchev–Trinajstić information content (AvgIpc) is 3.31. The zero-order chi connectivity index (χ0) is 19.2. The number of aryl methyl sites for hydroxylation is 1. The second-order valence-corrected chi connectivity index (χ2v) is 8.50. The van der Waals surface area contributed by atoms with Crippen LogP contribution in [0.4, 0.5) is 5.82 Å². The number of anilines is 1. The number of rotatable bonds is 4. The Hall–Kier alpha value is -2.83. The minimum Gasteiger partial charge on any atom is -0.356 e. The van der Waals surface area contributed by atoms with E-state index in [1.54, 1.807) is 6.20 Å². The Morgan fingerprint density at radius 1 is 1.03 bits per heavy atom. The van der Waals surface area contributed by atoms with Crippen molar-refractivity contribution in [2.45, 2.75) is 56.9 Å². The third-order valence-electron chi connectivity index (χ3n) is 6.46. The maximum Gasteiger partial charge on any atom is 0.163 e. The highest BCUT2D eigenvalue weighted by atomic mass is 15.3. The lowest BCUT2D eigenvalue weighted by Gasteiger charge is -2.34. The molecule has 148 valence electrons. The molecule has 6 rings (SSSR count). The van der Waals surface area contributed by atoms with E-state index in [0.29, 0.717) is 12.0 Å². The molecule has 7 heteroatoms. The first-order chi connectivity index (χ1) is 14.4. The normalized spacial score (nSPS) is 21.4. The lowest BCUT2D eigenvalue weighted by atomic mass is 9.96. The van der Waals surface area contributed by atoms with Gasteiger partial charge in [-0.3, -0.25) is 4.98 Å². The summed E-state index contributed by atoms with van der Waals surface area (Å²) in [6.45, 7) is 2.01. The van der Waals surface area contributed by atoms with Gasteiger partial charge in [-0.2, -0.15) is 0 Å². The minimum atomic E-state index is 0.417. The van der Waals surface area contributed by atoms with Gasteiger partial charge in [0.2, 0.25) is 0 Å². The minimum absolute atomic E-state index is 0.417. The van der Waals surface area contributed by atoms with Crippen LogP contribution in [0.1, 0.15) is 61.1 Å². The van der Waals surface area contributed by atoms with E-state index >= 15 is 0 Å². The Kier molecular flexibility index (Phi) is 4.06. The smallest absolute Gasteiger partial charge is 0.163 e. The van der Waals surface area contributed by atoms with E-state index in [9.17, 15) is 0 Å². The van der Waals surface area contributed by atoms with Crippen molar-refractivity contribution in [3.8, 4) is 11.4 Å². The molecule has 1 aliphatic heterocycles. The Morgan fingerprint density at radius 3 is 2.86 bits per heavy atom. The van der Waals surface area contributed by atoms with E-state index in [2.05, 4.69) is 24.6 Å². The van der Waals surface area contributed by atoms with Crippen LogP contribution in [0.15, 0.2) is 30.9 Å². The first kappa shape index (κ1) is 17.1. The third-order valence-corrected chi connectivity index (χ3v) is 6.46. The highest BCUT2D eigenvalue weighted by Gasteiger charge is 2.33. The van der Waals surface area contributed by atoms with Gasteiger partial charge in [0.15, 0.2) is 5.82 Å². The Bertz CT molecular complexity index is 1020. The summed E-state index contributed by atoms with van der Waals surface area (Å²) < 4.78 is 2.32. The van der Waals surface area contributed by atoms with Crippen LogP contribution in [-0.4, -0.2) is 42.8 Å². The largest absolute Gasteiger partial charge is 0.356 e. The molecular formula is C22H25N7. The van der Waals surface area contributed by atoms with Crippen molar-refractivity contribution in [1.82, 2.24) is 29.7 Å². The van der Waals surface area contributed by atoms with Crippen LogP contribution >= 0.6 is 0 Å².